The molecule has 15 heavy (non-hydrogen) atoms. The van der Waals surface area contributed by atoms with Crippen LogP contribution >= 0.6 is 0 Å². The number of hydrogen-bond donors (Lipinski definition) is 1. The minimum Gasteiger partial charge on any atom is -0.375 e. The number of hydrogen-bond acceptors (Lipinski definition) is 2. The fraction of sp³-hybridized carbons (Fsp3) is 1.00. The maximum absolute atomic E-state index is 5.68. The largest absolute Gasteiger partial charge is 0.375 e. The van der Waals surface area contributed by atoms with Gasteiger partial charge in [0.15, 0.2) is 0 Å². The summed E-state index contributed by atoms with van der Waals surface area (Å²) < 4.78 is 5.68. The van der Waals surface area contributed by atoms with E-state index < -0.39 is 0 Å². The maximum atomic E-state index is 5.68. The SMILES string of the molecule is CCOC(C)(C)CNC1CCC(CC)C1. The summed E-state index contributed by atoms with van der Waals surface area (Å²) in [6.07, 6.45) is 5.45. The lowest BCUT2D eigenvalue weighted by Crippen LogP contribution is -2.41. The molecule has 0 heterocycles. The smallest absolute Gasteiger partial charge is 0.0750 e. The first-order chi connectivity index (χ1) is 7.07. The summed E-state index contributed by atoms with van der Waals surface area (Å²) >= 11 is 0. The van der Waals surface area contributed by atoms with Crippen LogP contribution in [0.4, 0.5) is 0 Å². The Morgan fingerprint density at radius 2 is 2.00 bits per heavy atom. The van der Waals surface area contributed by atoms with E-state index in [2.05, 4.69) is 33.0 Å². The van der Waals surface area contributed by atoms with Gasteiger partial charge in [0.1, 0.15) is 0 Å². The van der Waals surface area contributed by atoms with Crippen molar-refractivity contribution in [1.29, 1.82) is 0 Å². The average molecular weight is 213 g/mol. The van der Waals surface area contributed by atoms with Gasteiger partial charge in [0.05, 0.1) is 5.60 Å². The molecule has 1 rings (SSSR count). The standard InChI is InChI=1S/C13H27NO/c1-5-11-7-8-12(9-11)14-10-13(3,4)15-6-2/h11-12,14H,5-10H2,1-4H3. The van der Waals surface area contributed by atoms with Gasteiger partial charge >= 0.3 is 0 Å². The molecular weight excluding hydrogens is 186 g/mol. The second-order valence-electron chi connectivity index (χ2n) is 5.36. The highest BCUT2D eigenvalue weighted by molar-refractivity contribution is 4.82. The van der Waals surface area contributed by atoms with Crippen molar-refractivity contribution >= 4 is 0 Å². The predicted octanol–water partition coefficient (Wildman–Crippen LogP) is 2.97. The summed E-state index contributed by atoms with van der Waals surface area (Å²) in [4.78, 5) is 0. The van der Waals surface area contributed by atoms with Crippen LogP contribution in [-0.4, -0.2) is 24.8 Å². The zero-order chi connectivity index (χ0) is 11.3. The second kappa shape index (κ2) is 5.86. The van der Waals surface area contributed by atoms with Crippen LogP contribution in [0.3, 0.4) is 0 Å². The molecule has 0 saturated heterocycles. The van der Waals surface area contributed by atoms with Crippen molar-refractivity contribution in [2.75, 3.05) is 13.2 Å². The third-order valence-electron chi connectivity index (χ3n) is 3.47. The fourth-order valence-corrected chi connectivity index (χ4v) is 2.46. The molecule has 1 aliphatic carbocycles. The zero-order valence-electron chi connectivity index (χ0n) is 10.8. The molecule has 2 nitrogen and oxygen atoms in total. The Balaban J connectivity index is 2.20. The van der Waals surface area contributed by atoms with Gasteiger partial charge in [-0.3, -0.25) is 0 Å². The highest BCUT2D eigenvalue weighted by Gasteiger charge is 2.25. The molecule has 0 aromatic rings. The topological polar surface area (TPSA) is 21.3 Å². The van der Waals surface area contributed by atoms with Crippen molar-refractivity contribution in [2.24, 2.45) is 5.92 Å². The second-order valence-corrected chi connectivity index (χ2v) is 5.36. The summed E-state index contributed by atoms with van der Waals surface area (Å²) in [6, 6.07) is 0.731. The average Bonchev–Trinajstić information content (AvgIpc) is 2.62. The first-order valence-electron chi connectivity index (χ1n) is 6.44. The highest BCUT2D eigenvalue weighted by atomic mass is 16.5. The molecule has 0 bridgehead atoms. The number of nitrogens with one attached hydrogen (secondary N) is 1. The van der Waals surface area contributed by atoms with Gasteiger partial charge in [-0.25, -0.2) is 0 Å². The lowest BCUT2D eigenvalue weighted by molar-refractivity contribution is -0.0105. The van der Waals surface area contributed by atoms with Crippen LogP contribution in [0.15, 0.2) is 0 Å². The molecule has 1 N–H and O–H groups in total. The van der Waals surface area contributed by atoms with Crippen molar-refractivity contribution in [3.8, 4) is 0 Å². The van der Waals surface area contributed by atoms with Crippen molar-refractivity contribution < 1.29 is 4.74 Å². The molecule has 0 aromatic heterocycles. The molecule has 2 atom stereocenters. The van der Waals surface area contributed by atoms with Gasteiger partial charge in [0, 0.05) is 19.2 Å². The molecule has 1 saturated carbocycles. The van der Waals surface area contributed by atoms with E-state index in [-0.39, 0.29) is 5.60 Å². The molecule has 2 heteroatoms. The third-order valence-corrected chi connectivity index (χ3v) is 3.47. The lowest BCUT2D eigenvalue weighted by atomic mass is 10.1. The summed E-state index contributed by atoms with van der Waals surface area (Å²) in [7, 11) is 0. The van der Waals surface area contributed by atoms with E-state index in [1.165, 1.54) is 25.7 Å². The summed E-state index contributed by atoms with van der Waals surface area (Å²) in [5.41, 5.74) is -0.0148. The molecule has 1 aliphatic rings. The molecule has 2 unspecified atom stereocenters. The Labute approximate surface area is 94.8 Å². The van der Waals surface area contributed by atoms with Gasteiger partial charge in [-0.05, 0) is 46.0 Å². The lowest BCUT2D eigenvalue weighted by Gasteiger charge is -2.27. The van der Waals surface area contributed by atoms with Gasteiger partial charge in [-0.15, -0.1) is 0 Å². The first-order valence-corrected chi connectivity index (χ1v) is 6.44. The number of ether oxygens (including phenoxy) is 1. The minimum atomic E-state index is -0.0148. The van der Waals surface area contributed by atoms with E-state index in [9.17, 15) is 0 Å². The van der Waals surface area contributed by atoms with Crippen LogP contribution < -0.4 is 5.32 Å². The van der Waals surface area contributed by atoms with Crippen LogP contribution in [0.1, 0.15) is 53.4 Å². The Morgan fingerprint density at radius 1 is 1.27 bits per heavy atom. The first kappa shape index (κ1) is 13.0. The van der Waals surface area contributed by atoms with E-state index in [4.69, 9.17) is 4.74 Å². The molecule has 0 radical (unpaired) electrons. The van der Waals surface area contributed by atoms with E-state index >= 15 is 0 Å². The molecular formula is C13H27NO. The molecule has 0 aromatic carbocycles. The van der Waals surface area contributed by atoms with Crippen molar-refractivity contribution in [2.45, 2.75) is 65.0 Å². The Bertz CT molecular complexity index is 179. The fourth-order valence-electron chi connectivity index (χ4n) is 2.46. The third kappa shape index (κ3) is 4.52. The maximum Gasteiger partial charge on any atom is 0.0750 e. The summed E-state index contributed by atoms with van der Waals surface area (Å²) in [5, 5.41) is 3.65. The Kier molecular flexibility index (Phi) is 5.07. The molecule has 0 amide bonds. The van der Waals surface area contributed by atoms with E-state index in [0.717, 1.165) is 25.1 Å². The summed E-state index contributed by atoms with van der Waals surface area (Å²) in [5.74, 6) is 0.956. The van der Waals surface area contributed by atoms with Crippen LogP contribution in [0.5, 0.6) is 0 Å². The van der Waals surface area contributed by atoms with Gasteiger partial charge < -0.3 is 10.1 Å². The molecule has 0 aliphatic heterocycles. The molecule has 1 fully saturated rings. The van der Waals surface area contributed by atoms with Crippen LogP contribution in [0.2, 0.25) is 0 Å². The minimum absolute atomic E-state index is 0.0148. The van der Waals surface area contributed by atoms with Gasteiger partial charge in [0.25, 0.3) is 0 Å². The van der Waals surface area contributed by atoms with Gasteiger partial charge in [-0.1, -0.05) is 13.3 Å². The van der Waals surface area contributed by atoms with E-state index in [0.29, 0.717) is 0 Å². The monoisotopic (exact) mass is 213 g/mol. The Morgan fingerprint density at radius 3 is 2.53 bits per heavy atom. The number of rotatable bonds is 6. The molecule has 90 valence electrons. The quantitative estimate of drug-likeness (QED) is 0.732. The Hall–Kier alpha value is -0.0800. The van der Waals surface area contributed by atoms with Gasteiger partial charge in [0.2, 0.25) is 0 Å². The van der Waals surface area contributed by atoms with E-state index in [1.807, 2.05) is 0 Å². The van der Waals surface area contributed by atoms with Crippen LogP contribution in [0, 0.1) is 5.92 Å². The van der Waals surface area contributed by atoms with Gasteiger partial charge in [-0.2, -0.15) is 0 Å². The van der Waals surface area contributed by atoms with Crippen LogP contribution in [-0.2, 0) is 4.74 Å². The highest BCUT2D eigenvalue weighted by Crippen LogP contribution is 2.28. The van der Waals surface area contributed by atoms with Crippen molar-refractivity contribution in [3.05, 3.63) is 0 Å². The van der Waals surface area contributed by atoms with E-state index in [1.54, 1.807) is 0 Å². The zero-order valence-corrected chi connectivity index (χ0v) is 10.8. The van der Waals surface area contributed by atoms with Crippen LogP contribution in [0.25, 0.3) is 0 Å². The van der Waals surface area contributed by atoms with Crippen molar-refractivity contribution in [3.63, 3.8) is 0 Å². The normalized spacial score (nSPS) is 27.2. The predicted molar refractivity (Wildman–Crippen MR) is 65.1 cm³/mol. The summed E-state index contributed by atoms with van der Waals surface area (Å²) in [6.45, 7) is 10.5. The molecule has 0 spiro atoms. The van der Waals surface area contributed by atoms with Crippen molar-refractivity contribution in [1.82, 2.24) is 5.32 Å².